The van der Waals surface area contributed by atoms with Crippen LogP contribution in [0.2, 0.25) is 0 Å². The molecule has 0 spiro atoms. The molecule has 0 fully saturated rings. The van der Waals surface area contributed by atoms with Crippen molar-refractivity contribution in [3.05, 3.63) is 51.0 Å². The van der Waals surface area contributed by atoms with Crippen molar-refractivity contribution in [1.82, 2.24) is 10.2 Å². The molecule has 0 saturated carbocycles. The lowest BCUT2D eigenvalue weighted by Crippen LogP contribution is -2.63. The summed E-state index contributed by atoms with van der Waals surface area (Å²) < 4.78 is 0. The fourth-order valence-corrected chi connectivity index (χ4v) is 6.59. The number of hydrogen-bond acceptors (Lipinski definition) is 11. The number of likely N-dealkylation sites (N-methyl/N-ethyl adjacent to an activating group) is 1. The van der Waals surface area contributed by atoms with E-state index in [1.807, 2.05) is 0 Å². The Kier molecular flexibility index (Phi) is 8.04. The maximum Gasteiger partial charge on any atom is 0.255 e. The Balaban J connectivity index is 1.93. The van der Waals surface area contributed by atoms with E-state index in [-0.39, 0.29) is 41.7 Å². The topological polar surface area (TPSA) is 195 Å². The van der Waals surface area contributed by atoms with E-state index in [1.165, 1.54) is 12.0 Å². The Labute approximate surface area is 244 Å². The van der Waals surface area contributed by atoms with Gasteiger partial charge >= 0.3 is 0 Å². The molecule has 0 unspecified atom stereocenters. The van der Waals surface area contributed by atoms with E-state index >= 15 is 0 Å². The number of hydrogen-bond donors (Lipinski definition) is 6. The summed E-state index contributed by atoms with van der Waals surface area (Å²) in [5, 5.41) is 53.0. The van der Waals surface area contributed by atoms with Crippen LogP contribution in [0.4, 0.5) is 0 Å². The van der Waals surface area contributed by atoms with E-state index in [2.05, 4.69) is 31.2 Å². The first-order chi connectivity index (χ1) is 19.5. The largest absolute Gasteiger partial charge is 0.510 e. The minimum absolute atomic E-state index is 0.00131. The minimum Gasteiger partial charge on any atom is -0.510 e. The molecule has 12 heteroatoms. The number of phenolic OH excluding ortho intramolecular Hbond substituents is 1. The van der Waals surface area contributed by atoms with Crippen LogP contribution in [0.3, 0.4) is 0 Å². The number of benzene rings is 1. The molecule has 0 radical (unpaired) electrons. The molecular formula is C30H40N4O8. The number of aliphatic hydroxyl groups is 3. The average molecular weight is 585 g/mol. The molecule has 0 saturated heterocycles. The molecule has 4 atom stereocenters. The molecule has 3 aliphatic rings. The summed E-state index contributed by atoms with van der Waals surface area (Å²) in [6.45, 7) is 8.73. The summed E-state index contributed by atoms with van der Waals surface area (Å²) in [6.07, 6.45) is 0.158. The highest BCUT2D eigenvalue weighted by molar-refractivity contribution is 6.25. The molecule has 7 N–H and O–H groups in total. The second-order valence-corrected chi connectivity index (χ2v) is 12.8. The number of nitrogens with one attached hydrogen (secondary N) is 1. The molecule has 1 aromatic carbocycles. The number of primary amides is 1. The highest BCUT2D eigenvalue weighted by Crippen LogP contribution is 2.52. The van der Waals surface area contributed by atoms with Crippen LogP contribution in [0.1, 0.15) is 61.2 Å². The lowest BCUT2D eigenvalue weighted by Gasteiger charge is -2.50. The van der Waals surface area contributed by atoms with Gasteiger partial charge in [-0.25, -0.2) is 0 Å². The van der Waals surface area contributed by atoms with Gasteiger partial charge in [0.2, 0.25) is 5.78 Å². The third-order valence-electron chi connectivity index (χ3n) is 8.39. The first kappa shape index (κ1) is 31.2. The first-order valence-corrected chi connectivity index (χ1v) is 13.8. The van der Waals surface area contributed by atoms with Crippen molar-refractivity contribution in [2.75, 3.05) is 27.7 Å². The Hall–Kier alpha value is -3.74. The number of amides is 1. The molecular weight excluding hydrogens is 544 g/mol. The van der Waals surface area contributed by atoms with Gasteiger partial charge < -0.3 is 36.3 Å². The highest BCUT2D eigenvalue weighted by atomic mass is 16.6. The summed E-state index contributed by atoms with van der Waals surface area (Å²) in [4.78, 5) is 46.4. The second kappa shape index (κ2) is 10.8. The van der Waals surface area contributed by atoms with E-state index in [4.69, 9.17) is 10.6 Å². The second-order valence-electron chi connectivity index (χ2n) is 12.8. The van der Waals surface area contributed by atoms with Gasteiger partial charge in [-0.1, -0.05) is 25.9 Å². The van der Waals surface area contributed by atoms with Crippen molar-refractivity contribution in [2.24, 2.45) is 28.1 Å². The van der Waals surface area contributed by atoms with Gasteiger partial charge in [0.05, 0.1) is 17.3 Å². The SMILES string of the molecule is CO/N=C(\C)c1cc(CNCC(C)(C)C)c(O)c2c1C[C@@H]1C[C@H]3[C@@H](N(C)C)C(O)=C(C(N)=O)C(=O)[C@]3(O)C(O)=C1C2=O. The fraction of sp³-hybridized carbons (Fsp3) is 0.533. The zero-order chi connectivity index (χ0) is 31.5. The van der Waals surface area contributed by atoms with Crippen molar-refractivity contribution < 1.29 is 39.6 Å². The van der Waals surface area contributed by atoms with Crippen LogP contribution in [0.25, 0.3) is 0 Å². The number of carbonyl (C=O) groups is 3. The van der Waals surface area contributed by atoms with E-state index in [9.17, 15) is 34.8 Å². The lowest BCUT2D eigenvalue weighted by molar-refractivity contribution is -0.148. The molecule has 1 aromatic rings. The molecule has 228 valence electrons. The molecule has 12 nitrogen and oxygen atoms in total. The summed E-state index contributed by atoms with van der Waals surface area (Å²) >= 11 is 0. The number of nitrogens with two attached hydrogens (primary N) is 1. The molecule has 0 heterocycles. The zero-order valence-electron chi connectivity index (χ0n) is 25.0. The van der Waals surface area contributed by atoms with E-state index in [1.54, 1.807) is 27.1 Å². The van der Waals surface area contributed by atoms with Crippen LogP contribution in [-0.4, -0.2) is 87.9 Å². The lowest BCUT2D eigenvalue weighted by atomic mass is 9.58. The fourth-order valence-electron chi connectivity index (χ4n) is 6.59. The Morgan fingerprint density at radius 1 is 1.24 bits per heavy atom. The maximum atomic E-state index is 14.2. The van der Waals surface area contributed by atoms with Gasteiger partial charge in [-0.3, -0.25) is 19.3 Å². The number of oxime groups is 1. The summed E-state index contributed by atoms with van der Waals surface area (Å²) in [5.41, 5.74) is 3.50. The number of phenols is 1. The van der Waals surface area contributed by atoms with Gasteiger partial charge in [-0.2, -0.15) is 0 Å². The van der Waals surface area contributed by atoms with Crippen LogP contribution < -0.4 is 11.1 Å². The number of aromatic hydroxyl groups is 1. The Morgan fingerprint density at radius 2 is 1.88 bits per heavy atom. The van der Waals surface area contributed by atoms with Crippen molar-refractivity contribution >= 4 is 23.2 Å². The molecule has 42 heavy (non-hydrogen) atoms. The Bertz CT molecular complexity index is 1450. The number of nitrogens with zero attached hydrogens (tertiary/aromatic N) is 2. The summed E-state index contributed by atoms with van der Waals surface area (Å²) in [5.74, 6) is -6.87. The quantitative estimate of drug-likeness (QED) is 0.156. The number of aliphatic hydroxyl groups excluding tert-OH is 2. The van der Waals surface area contributed by atoms with Gasteiger partial charge in [0, 0.05) is 35.7 Å². The zero-order valence-corrected chi connectivity index (χ0v) is 25.0. The highest BCUT2D eigenvalue weighted by Gasteiger charge is 2.63. The van der Waals surface area contributed by atoms with Crippen LogP contribution in [0.15, 0.2) is 33.9 Å². The van der Waals surface area contributed by atoms with Crippen LogP contribution >= 0.6 is 0 Å². The van der Waals surface area contributed by atoms with Crippen molar-refractivity contribution in [1.29, 1.82) is 0 Å². The van der Waals surface area contributed by atoms with E-state index < -0.39 is 58.0 Å². The number of rotatable bonds is 7. The molecule has 3 aliphatic carbocycles. The number of ketones is 2. The van der Waals surface area contributed by atoms with Crippen molar-refractivity contribution in [3.8, 4) is 5.75 Å². The molecule has 1 amide bonds. The number of carbonyl (C=O) groups excluding carboxylic acids is 3. The van der Waals surface area contributed by atoms with E-state index in [0.29, 0.717) is 28.9 Å². The molecule has 0 aromatic heterocycles. The van der Waals surface area contributed by atoms with Gasteiger partial charge in [0.1, 0.15) is 30.0 Å². The number of fused-ring (bicyclic) bond motifs is 3. The maximum absolute atomic E-state index is 14.2. The third-order valence-corrected chi connectivity index (χ3v) is 8.39. The first-order valence-electron chi connectivity index (χ1n) is 13.8. The molecule has 4 rings (SSSR count). The smallest absolute Gasteiger partial charge is 0.255 e. The van der Waals surface area contributed by atoms with Gasteiger partial charge in [-0.05, 0) is 56.8 Å². The van der Waals surface area contributed by atoms with Crippen molar-refractivity contribution in [2.45, 2.75) is 58.7 Å². The average Bonchev–Trinajstić information content (AvgIpc) is 2.86. The van der Waals surface area contributed by atoms with Crippen molar-refractivity contribution in [3.63, 3.8) is 0 Å². The monoisotopic (exact) mass is 584 g/mol. The molecule has 0 bridgehead atoms. The Morgan fingerprint density at radius 3 is 2.43 bits per heavy atom. The predicted octanol–water partition coefficient (Wildman–Crippen LogP) is 1.63. The van der Waals surface area contributed by atoms with E-state index in [0.717, 1.165) is 0 Å². The minimum atomic E-state index is -2.69. The van der Waals surface area contributed by atoms with Gasteiger partial charge in [-0.15, -0.1) is 0 Å². The van der Waals surface area contributed by atoms with Crippen LogP contribution in [0.5, 0.6) is 5.75 Å². The standard InChI is InChI=1S/C30H40N4O8/c1-13(33-42-7)16-9-15(11-32-12-29(2,3)4)23(35)20-17(16)8-14-10-18-22(34(5)6)25(37)21(28(31)40)27(39)30(18,41)26(38)19(14)24(20)36/h9,14,18,22,32,35,37-38,41H,8,10-12H2,1-7H3,(H2,31,40)/b33-13+/t14-,18+,22-,30-/m1/s1. The number of Topliss-reactive ketones (excluding diaryl/α,β-unsaturated/α-hetero) is 2. The summed E-state index contributed by atoms with van der Waals surface area (Å²) in [6, 6.07) is 0.694. The van der Waals surface area contributed by atoms with Gasteiger partial charge in [0.25, 0.3) is 5.91 Å². The van der Waals surface area contributed by atoms with Crippen LogP contribution in [0, 0.1) is 17.3 Å². The predicted molar refractivity (Wildman–Crippen MR) is 154 cm³/mol. The third kappa shape index (κ3) is 4.87. The normalized spacial score (nSPS) is 26.3. The van der Waals surface area contributed by atoms with Crippen LogP contribution in [-0.2, 0) is 27.4 Å². The summed E-state index contributed by atoms with van der Waals surface area (Å²) in [7, 11) is 4.57. The molecule has 0 aliphatic heterocycles. The van der Waals surface area contributed by atoms with Gasteiger partial charge in [0.15, 0.2) is 11.4 Å². The number of allylic oxidation sites excluding steroid dienone is 1.